The lowest BCUT2D eigenvalue weighted by atomic mass is 9.91. The molecule has 1 aliphatic carbocycles. The van der Waals surface area contributed by atoms with Crippen LogP contribution in [0.25, 0.3) is 0 Å². The van der Waals surface area contributed by atoms with Crippen LogP contribution in [0, 0.1) is 0 Å². The Balaban J connectivity index is 1.92. The van der Waals surface area contributed by atoms with E-state index in [-0.39, 0.29) is 0 Å². The van der Waals surface area contributed by atoms with Crippen molar-refractivity contribution in [3.63, 3.8) is 0 Å². The standard InChI is InChI=1S/C13H23N3S/c1-2-10-14-13-15-12(16-17-13)11-8-6-4-3-5-7-9-11/h11H,2-10H2,1H3,(H,14,15,16). The molecule has 0 aromatic carbocycles. The molecule has 1 aliphatic rings. The van der Waals surface area contributed by atoms with Gasteiger partial charge in [0, 0.05) is 24.0 Å². The monoisotopic (exact) mass is 253 g/mol. The van der Waals surface area contributed by atoms with Crippen molar-refractivity contribution in [1.82, 2.24) is 9.36 Å². The molecule has 0 bridgehead atoms. The van der Waals surface area contributed by atoms with Crippen LogP contribution in [0.5, 0.6) is 0 Å². The van der Waals surface area contributed by atoms with Crippen molar-refractivity contribution in [2.45, 2.75) is 64.2 Å². The zero-order valence-electron chi connectivity index (χ0n) is 10.7. The molecule has 2 rings (SSSR count). The topological polar surface area (TPSA) is 37.8 Å². The zero-order chi connectivity index (χ0) is 11.9. The maximum Gasteiger partial charge on any atom is 0.202 e. The number of nitrogens with zero attached hydrogens (tertiary/aromatic N) is 2. The molecule has 0 amide bonds. The number of hydrogen-bond acceptors (Lipinski definition) is 4. The Hall–Kier alpha value is -0.640. The van der Waals surface area contributed by atoms with E-state index in [4.69, 9.17) is 0 Å². The summed E-state index contributed by atoms with van der Waals surface area (Å²) in [5.41, 5.74) is 0. The van der Waals surface area contributed by atoms with Crippen LogP contribution in [-0.4, -0.2) is 15.9 Å². The highest BCUT2D eigenvalue weighted by atomic mass is 32.1. The number of anilines is 1. The van der Waals surface area contributed by atoms with Crippen LogP contribution in [0.4, 0.5) is 5.13 Å². The summed E-state index contributed by atoms with van der Waals surface area (Å²) in [4.78, 5) is 4.64. The van der Waals surface area contributed by atoms with Crippen molar-refractivity contribution in [3.8, 4) is 0 Å². The highest BCUT2D eigenvalue weighted by molar-refractivity contribution is 7.09. The fourth-order valence-electron chi connectivity index (χ4n) is 2.42. The first-order valence-electron chi connectivity index (χ1n) is 6.97. The Morgan fingerprint density at radius 2 is 1.88 bits per heavy atom. The van der Waals surface area contributed by atoms with Crippen LogP contribution in [0.2, 0.25) is 0 Å². The van der Waals surface area contributed by atoms with Gasteiger partial charge in [-0.25, -0.2) is 4.98 Å². The predicted molar refractivity (Wildman–Crippen MR) is 73.7 cm³/mol. The van der Waals surface area contributed by atoms with Gasteiger partial charge in [-0.1, -0.05) is 39.0 Å². The van der Waals surface area contributed by atoms with Crippen LogP contribution in [-0.2, 0) is 0 Å². The fourth-order valence-corrected chi connectivity index (χ4v) is 3.09. The Kier molecular flexibility index (Phi) is 5.23. The van der Waals surface area contributed by atoms with E-state index in [2.05, 4.69) is 21.6 Å². The summed E-state index contributed by atoms with van der Waals surface area (Å²) in [6.45, 7) is 3.17. The molecule has 1 fully saturated rings. The van der Waals surface area contributed by atoms with Gasteiger partial charge in [0.15, 0.2) is 0 Å². The van der Waals surface area contributed by atoms with Gasteiger partial charge >= 0.3 is 0 Å². The van der Waals surface area contributed by atoms with Gasteiger partial charge in [-0.05, 0) is 19.3 Å². The van der Waals surface area contributed by atoms with Gasteiger partial charge in [-0.3, -0.25) is 0 Å². The van der Waals surface area contributed by atoms with Crippen LogP contribution in [0.1, 0.15) is 70.0 Å². The van der Waals surface area contributed by atoms with E-state index in [1.807, 2.05) is 0 Å². The third kappa shape index (κ3) is 3.95. The predicted octanol–water partition coefficient (Wildman–Crippen LogP) is 4.19. The normalized spacial score (nSPS) is 18.6. The molecule has 1 N–H and O–H groups in total. The van der Waals surface area contributed by atoms with Crippen LogP contribution >= 0.6 is 11.5 Å². The molecule has 0 aliphatic heterocycles. The molecule has 96 valence electrons. The first kappa shape index (κ1) is 12.8. The second-order valence-electron chi connectivity index (χ2n) is 4.93. The first-order chi connectivity index (χ1) is 8.40. The summed E-state index contributed by atoms with van der Waals surface area (Å²) >= 11 is 1.52. The van der Waals surface area contributed by atoms with E-state index in [0.717, 1.165) is 23.9 Å². The van der Waals surface area contributed by atoms with Crippen molar-refractivity contribution in [3.05, 3.63) is 5.82 Å². The smallest absolute Gasteiger partial charge is 0.202 e. The summed E-state index contributed by atoms with van der Waals surface area (Å²) in [5, 5.41) is 4.33. The van der Waals surface area contributed by atoms with Gasteiger partial charge in [0.25, 0.3) is 0 Å². The molecule has 0 spiro atoms. The van der Waals surface area contributed by atoms with E-state index in [0.29, 0.717) is 5.92 Å². The van der Waals surface area contributed by atoms with Gasteiger partial charge in [0.2, 0.25) is 5.13 Å². The first-order valence-corrected chi connectivity index (χ1v) is 7.75. The highest BCUT2D eigenvalue weighted by Crippen LogP contribution is 2.30. The number of hydrogen-bond donors (Lipinski definition) is 1. The van der Waals surface area contributed by atoms with Crippen LogP contribution in [0.3, 0.4) is 0 Å². The molecule has 3 nitrogen and oxygen atoms in total. The number of aromatic nitrogens is 2. The Morgan fingerprint density at radius 1 is 1.18 bits per heavy atom. The molecular formula is C13H23N3S. The van der Waals surface area contributed by atoms with Gasteiger partial charge in [0.1, 0.15) is 5.82 Å². The Morgan fingerprint density at radius 3 is 2.59 bits per heavy atom. The minimum Gasteiger partial charge on any atom is -0.360 e. The Labute approximate surface area is 108 Å². The lowest BCUT2D eigenvalue weighted by Crippen LogP contribution is -2.05. The SMILES string of the molecule is CCCNc1nc(C2CCCCCCC2)ns1. The summed E-state index contributed by atoms with van der Waals surface area (Å²) in [7, 11) is 0. The van der Waals surface area contributed by atoms with Gasteiger partial charge in [-0.15, -0.1) is 0 Å². The fraction of sp³-hybridized carbons (Fsp3) is 0.846. The van der Waals surface area contributed by atoms with Crippen molar-refractivity contribution in [1.29, 1.82) is 0 Å². The lowest BCUT2D eigenvalue weighted by Gasteiger charge is -2.16. The third-order valence-corrected chi connectivity index (χ3v) is 4.13. The minimum absolute atomic E-state index is 0.615. The van der Waals surface area contributed by atoms with Gasteiger partial charge in [-0.2, -0.15) is 4.37 Å². The molecule has 17 heavy (non-hydrogen) atoms. The zero-order valence-corrected chi connectivity index (χ0v) is 11.6. The average Bonchev–Trinajstić information content (AvgIpc) is 2.74. The summed E-state index contributed by atoms with van der Waals surface area (Å²) in [6.07, 6.45) is 10.6. The van der Waals surface area contributed by atoms with E-state index < -0.39 is 0 Å². The maximum absolute atomic E-state index is 4.64. The molecule has 1 saturated carbocycles. The third-order valence-electron chi connectivity index (χ3n) is 3.44. The van der Waals surface area contributed by atoms with Gasteiger partial charge in [0.05, 0.1) is 0 Å². The molecule has 1 aromatic heterocycles. The van der Waals surface area contributed by atoms with Crippen LogP contribution < -0.4 is 5.32 Å². The lowest BCUT2D eigenvalue weighted by molar-refractivity contribution is 0.445. The molecule has 0 unspecified atom stereocenters. The average molecular weight is 253 g/mol. The number of rotatable bonds is 4. The van der Waals surface area contributed by atoms with Crippen molar-refractivity contribution >= 4 is 16.7 Å². The van der Waals surface area contributed by atoms with Crippen molar-refractivity contribution in [2.75, 3.05) is 11.9 Å². The van der Waals surface area contributed by atoms with E-state index in [9.17, 15) is 0 Å². The van der Waals surface area contributed by atoms with Crippen molar-refractivity contribution in [2.24, 2.45) is 0 Å². The maximum atomic E-state index is 4.64. The van der Waals surface area contributed by atoms with E-state index >= 15 is 0 Å². The Bertz CT molecular complexity index is 316. The molecule has 0 saturated heterocycles. The van der Waals surface area contributed by atoms with Crippen molar-refractivity contribution < 1.29 is 0 Å². The van der Waals surface area contributed by atoms with E-state index in [1.165, 1.54) is 56.5 Å². The minimum atomic E-state index is 0.615. The molecule has 4 heteroatoms. The molecular weight excluding hydrogens is 230 g/mol. The largest absolute Gasteiger partial charge is 0.360 e. The summed E-state index contributed by atoms with van der Waals surface area (Å²) < 4.78 is 4.53. The second kappa shape index (κ2) is 6.94. The molecule has 0 radical (unpaired) electrons. The summed E-state index contributed by atoms with van der Waals surface area (Å²) in [6, 6.07) is 0. The quantitative estimate of drug-likeness (QED) is 0.874. The van der Waals surface area contributed by atoms with Gasteiger partial charge < -0.3 is 5.32 Å². The van der Waals surface area contributed by atoms with Crippen LogP contribution in [0.15, 0.2) is 0 Å². The second-order valence-corrected chi connectivity index (χ2v) is 5.68. The highest BCUT2D eigenvalue weighted by Gasteiger charge is 2.17. The molecule has 1 aromatic rings. The van der Waals surface area contributed by atoms with E-state index in [1.54, 1.807) is 0 Å². The molecule has 1 heterocycles. The number of nitrogens with one attached hydrogen (secondary N) is 1. The summed E-state index contributed by atoms with van der Waals surface area (Å²) in [5.74, 6) is 1.71. The molecule has 0 atom stereocenters.